The molecule has 3 aliphatic heterocycles. The number of fused-ring (bicyclic) bond motifs is 4. The molecular weight excluding hydrogens is 931 g/mol. The molecule has 2 fully saturated rings. The number of cyclic esters (lactones) is 1. The van der Waals surface area contributed by atoms with Crippen LogP contribution in [-0.4, -0.2) is 96.9 Å². The number of hydrogen-bond acceptors (Lipinski definition) is 13. The van der Waals surface area contributed by atoms with Crippen molar-refractivity contribution in [2.75, 3.05) is 57.3 Å². The van der Waals surface area contributed by atoms with Crippen LogP contribution in [0.25, 0.3) is 10.2 Å². The third-order valence-electron chi connectivity index (χ3n) is 13.4. The number of amides is 3. The summed E-state index contributed by atoms with van der Waals surface area (Å²) in [5.41, 5.74) is 2.54. The predicted molar refractivity (Wildman–Crippen MR) is 272 cm³/mol. The van der Waals surface area contributed by atoms with Crippen molar-refractivity contribution in [1.29, 1.82) is 0 Å². The minimum atomic E-state index is -2.09. The molecule has 72 heavy (non-hydrogen) atoms. The number of nitrogens with one attached hydrogen (secondary N) is 1. The van der Waals surface area contributed by atoms with Gasteiger partial charge in [0, 0.05) is 19.2 Å². The molecule has 0 aliphatic carbocycles. The molecule has 15 heteroatoms. The lowest BCUT2D eigenvalue weighted by Crippen LogP contribution is -2.54. The minimum absolute atomic E-state index is 0.0285. The Kier molecular flexibility index (Phi) is 13.9. The largest absolute Gasteiger partial charge is 0.491 e. The monoisotopic (exact) mass is 981 g/mol. The zero-order chi connectivity index (χ0) is 49.8. The minimum Gasteiger partial charge on any atom is -0.491 e. The molecule has 6 aromatic carbocycles. The number of nitrogens with zero attached hydrogens (tertiary/aromatic N) is 4. The maximum absolute atomic E-state index is 16.6. The zero-order valence-electron chi connectivity index (χ0n) is 39.6. The standard InChI is InChI=1S/C57H51N5O9S/c1-60(36-38-16-6-3-7-17-38)29-15-18-37-27-28-45-43(34-37)57(54(66)61(45)56(67)70-33-32-68-2)47(52(64)59-55-58-44-25-12-13-26-46(44)72-55)49-53(65)71-50(40-21-10-5-11-22-40)48(39-19-8-4-9-20-39)62(49)51(57)41-23-14-24-42(35-41)69-31-30-63/h3-14,16-17,19-28,34-35,47-51,63H,29-33,36H2,1-2H3,(H,58,59,64)/t47-,48-,49-,50+,51+,57-/m0/s1. The Morgan fingerprint density at radius 2 is 1.53 bits per heavy atom. The van der Waals surface area contributed by atoms with E-state index in [0.717, 1.165) is 20.7 Å². The number of morpholine rings is 1. The number of para-hydroxylation sites is 1. The van der Waals surface area contributed by atoms with Crippen LogP contribution in [0.3, 0.4) is 0 Å². The highest BCUT2D eigenvalue weighted by Crippen LogP contribution is 2.66. The first-order chi connectivity index (χ1) is 35.2. The molecule has 2 saturated heterocycles. The third-order valence-corrected chi connectivity index (χ3v) is 14.3. The average molecular weight is 982 g/mol. The highest BCUT2D eigenvalue weighted by atomic mass is 32.1. The molecule has 364 valence electrons. The van der Waals surface area contributed by atoms with E-state index in [-0.39, 0.29) is 42.8 Å². The lowest BCUT2D eigenvalue weighted by molar-refractivity contribution is -0.177. The second-order valence-corrected chi connectivity index (χ2v) is 18.9. The molecule has 3 amide bonds. The van der Waals surface area contributed by atoms with E-state index < -0.39 is 59.4 Å². The molecule has 2 N–H and O–H groups in total. The Bertz CT molecular complexity index is 3150. The van der Waals surface area contributed by atoms with Crippen molar-refractivity contribution in [1.82, 2.24) is 14.8 Å². The van der Waals surface area contributed by atoms with Gasteiger partial charge in [0.15, 0.2) is 5.13 Å². The number of anilines is 2. The molecule has 10 rings (SSSR count). The number of hydrogen-bond donors (Lipinski definition) is 2. The molecule has 0 bridgehead atoms. The lowest BCUT2D eigenvalue weighted by Gasteiger charge is -2.46. The summed E-state index contributed by atoms with van der Waals surface area (Å²) < 4.78 is 24.4. The summed E-state index contributed by atoms with van der Waals surface area (Å²) in [4.78, 5) is 72.4. The van der Waals surface area contributed by atoms with Crippen molar-refractivity contribution in [3.63, 3.8) is 0 Å². The number of aliphatic hydroxyl groups is 1. The van der Waals surface area contributed by atoms with Gasteiger partial charge in [0.05, 0.1) is 53.7 Å². The molecular formula is C57H51N5O9S. The Hall–Kier alpha value is -7.71. The van der Waals surface area contributed by atoms with Crippen molar-refractivity contribution in [2.45, 2.75) is 36.2 Å². The van der Waals surface area contributed by atoms with Crippen molar-refractivity contribution < 1.29 is 43.2 Å². The molecule has 1 aromatic heterocycles. The number of ether oxygens (including phenoxy) is 4. The van der Waals surface area contributed by atoms with Gasteiger partial charge in [0.25, 0.3) is 0 Å². The van der Waals surface area contributed by atoms with E-state index in [1.807, 2.05) is 121 Å². The van der Waals surface area contributed by atoms with E-state index >= 15 is 14.4 Å². The number of thiazole rings is 1. The molecule has 0 saturated carbocycles. The zero-order valence-corrected chi connectivity index (χ0v) is 40.4. The normalized spacial score (nSPS) is 21.2. The van der Waals surface area contributed by atoms with Gasteiger partial charge in [0.1, 0.15) is 36.5 Å². The van der Waals surface area contributed by atoms with Crippen LogP contribution in [0.4, 0.5) is 15.6 Å². The van der Waals surface area contributed by atoms with Crippen molar-refractivity contribution >= 4 is 56.2 Å². The number of carbonyl (C=O) groups is 4. The Labute approximate surface area is 420 Å². The summed E-state index contributed by atoms with van der Waals surface area (Å²) in [5.74, 6) is 3.14. The van der Waals surface area contributed by atoms with E-state index in [9.17, 15) is 9.90 Å². The summed E-state index contributed by atoms with van der Waals surface area (Å²) in [6.45, 7) is 0.637. The van der Waals surface area contributed by atoms with Crippen LogP contribution in [0.5, 0.6) is 5.75 Å². The van der Waals surface area contributed by atoms with Crippen molar-refractivity contribution in [3.8, 4) is 17.6 Å². The van der Waals surface area contributed by atoms with Crippen LogP contribution in [-0.2, 0) is 40.6 Å². The van der Waals surface area contributed by atoms with Crippen LogP contribution in [0, 0.1) is 17.8 Å². The van der Waals surface area contributed by atoms with Crippen molar-refractivity contribution in [3.05, 3.63) is 191 Å². The summed E-state index contributed by atoms with van der Waals surface area (Å²) in [7, 11) is 3.45. The third kappa shape index (κ3) is 8.99. The number of benzene rings is 6. The van der Waals surface area contributed by atoms with Crippen LogP contribution in [0.1, 0.15) is 51.6 Å². The highest BCUT2D eigenvalue weighted by Gasteiger charge is 2.76. The number of aromatic nitrogens is 1. The van der Waals surface area contributed by atoms with E-state index in [1.54, 1.807) is 36.4 Å². The molecule has 0 unspecified atom stereocenters. The molecule has 4 heterocycles. The average Bonchev–Trinajstić information content (AvgIpc) is 4.04. The number of methoxy groups -OCH3 is 1. The quantitative estimate of drug-likeness (QED) is 0.0612. The Balaban J connectivity index is 1.23. The number of esters is 1. The number of rotatable bonds is 14. The summed E-state index contributed by atoms with van der Waals surface area (Å²) in [6, 6.07) is 45.1. The van der Waals surface area contributed by atoms with E-state index in [1.165, 1.54) is 18.4 Å². The summed E-state index contributed by atoms with van der Waals surface area (Å²) >= 11 is 1.25. The molecule has 14 nitrogen and oxygen atoms in total. The van der Waals surface area contributed by atoms with Gasteiger partial charge in [-0.25, -0.2) is 14.7 Å². The van der Waals surface area contributed by atoms with E-state index in [2.05, 4.69) is 34.2 Å². The topological polar surface area (TPSA) is 160 Å². The van der Waals surface area contributed by atoms with Gasteiger partial charge in [-0.2, -0.15) is 0 Å². The van der Waals surface area contributed by atoms with Gasteiger partial charge >= 0.3 is 12.1 Å². The van der Waals surface area contributed by atoms with Crippen LogP contribution < -0.4 is 15.0 Å². The van der Waals surface area contributed by atoms with Crippen LogP contribution >= 0.6 is 11.3 Å². The highest BCUT2D eigenvalue weighted by molar-refractivity contribution is 7.22. The van der Waals surface area contributed by atoms with Gasteiger partial charge in [-0.05, 0) is 77.3 Å². The maximum atomic E-state index is 16.6. The summed E-state index contributed by atoms with van der Waals surface area (Å²) in [5, 5.41) is 13.2. The fraction of sp³-hybridized carbons (Fsp3) is 0.246. The Morgan fingerprint density at radius 1 is 0.819 bits per heavy atom. The summed E-state index contributed by atoms with van der Waals surface area (Å²) in [6.07, 6.45) is -1.93. The van der Waals surface area contributed by atoms with Gasteiger partial charge in [-0.15, -0.1) is 0 Å². The molecule has 1 spiro atoms. The smallest absolute Gasteiger partial charge is 0.421 e. The lowest BCUT2D eigenvalue weighted by atomic mass is 9.65. The second kappa shape index (κ2) is 20.9. The van der Waals surface area contributed by atoms with Gasteiger partial charge in [0.2, 0.25) is 11.8 Å². The number of carbonyl (C=O) groups excluding carboxylic acids is 4. The van der Waals surface area contributed by atoms with Crippen LogP contribution in [0.15, 0.2) is 158 Å². The SMILES string of the molecule is COCCOC(=O)N1C(=O)[C@@]2(c3cc(C#CCN(C)Cc4ccccc4)ccc31)[C@H](C(=O)Nc1nc3ccccc3s1)[C@H]1C(=O)O[C@H](c3ccccc3)[C@H](c3ccccc3)N1[C@@H]2c1cccc(OCCO)c1. The molecule has 7 aromatic rings. The second-order valence-electron chi connectivity index (χ2n) is 17.8. The predicted octanol–water partition coefficient (Wildman–Crippen LogP) is 8.24. The van der Waals surface area contributed by atoms with Gasteiger partial charge in [-0.1, -0.05) is 138 Å². The van der Waals surface area contributed by atoms with E-state index in [0.29, 0.717) is 41.0 Å². The van der Waals surface area contributed by atoms with Crippen LogP contribution in [0.2, 0.25) is 0 Å². The van der Waals surface area contributed by atoms with Gasteiger partial charge < -0.3 is 29.4 Å². The number of aliphatic hydroxyl groups excluding tert-OH is 1. The maximum Gasteiger partial charge on any atom is 0.421 e. The van der Waals surface area contributed by atoms with E-state index in [4.69, 9.17) is 23.9 Å². The Morgan fingerprint density at radius 3 is 2.26 bits per heavy atom. The first-order valence-corrected chi connectivity index (χ1v) is 24.5. The first-order valence-electron chi connectivity index (χ1n) is 23.6. The van der Waals surface area contributed by atoms with Gasteiger partial charge in [-0.3, -0.25) is 24.2 Å². The fourth-order valence-electron chi connectivity index (χ4n) is 10.5. The van der Waals surface area contributed by atoms with Crippen molar-refractivity contribution in [2.24, 2.45) is 5.92 Å². The molecule has 6 atom stereocenters. The first kappa shape index (κ1) is 47.9. The number of imide groups is 1. The molecule has 0 radical (unpaired) electrons. The molecule has 3 aliphatic rings. The fourth-order valence-corrected chi connectivity index (χ4v) is 11.4.